The summed E-state index contributed by atoms with van der Waals surface area (Å²) in [7, 11) is 0. The molecule has 0 spiro atoms. The molecular formula is C17H25FN2O. The number of carbonyl (C=O) groups is 1. The van der Waals surface area contributed by atoms with Crippen LogP contribution in [0.1, 0.15) is 40.0 Å². The quantitative estimate of drug-likeness (QED) is 0.926. The lowest BCUT2D eigenvalue weighted by atomic mass is 9.91. The average molecular weight is 292 g/mol. The summed E-state index contributed by atoms with van der Waals surface area (Å²) in [5, 5.41) is 3.13. The molecule has 0 radical (unpaired) electrons. The van der Waals surface area contributed by atoms with Crippen molar-refractivity contribution in [3.05, 3.63) is 30.1 Å². The van der Waals surface area contributed by atoms with Crippen molar-refractivity contribution >= 4 is 11.6 Å². The van der Waals surface area contributed by atoms with Crippen LogP contribution in [0.4, 0.5) is 10.1 Å². The maximum Gasteiger partial charge on any atom is 0.220 e. The Labute approximate surface area is 126 Å². The molecule has 1 aliphatic rings. The highest BCUT2D eigenvalue weighted by molar-refractivity contribution is 5.76. The van der Waals surface area contributed by atoms with E-state index in [0.717, 1.165) is 31.6 Å². The lowest BCUT2D eigenvalue weighted by Gasteiger charge is -2.34. The number of benzene rings is 1. The zero-order chi connectivity index (χ0) is 15.5. The Kier molecular flexibility index (Phi) is 4.86. The van der Waals surface area contributed by atoms with Crippen molar-refractivity contribution in [2.45, 2.75) is 46.1 Å². The fraction of sp³-hybridized carbons (Fsp3) is 0.588. The predicted octanol–water partition coefficient (Wildman–Crippen LogP) is 3.35. The summed E-state index contributed by atoms with van der Waals surface area (Å²) in [5.41, 5.74) is 1.08. The van der Waals surface area contributed by atoms with Gasteiger partial charge < -0.3 is 10.2 Å². The third kappa shape index (κ3) is 5.03. The number of anilines is 1. The van der Waals surface area contributed by atoms with E-state index in [2.05, 4.69) is 31.0 Å². The van der Waals surface area contributed by atoms with E-state index in [-0.39, 0.29) is 23.2 Å². The zero-order valence-electron chi connectivity index (χ0n) is 13.2. The number of amides is 1. The fourth-order valence-corrected chi connectivity index (χ4v) is 2.69. The fourth-order valence-electron chi connectivity index (χ4n) is 2.69. The molecule has 1 aromatic carbocycles. The molecule has 1 aromatic rings. The first-order valence-electron chi connectivity index (χ1n) is 7.63. The van der Waals surface area contributed by atoms with Crippen molar-refractivity contribution in [3.8, 4) is 0 Å². The topological polar surface area (TPSA) is 32.3 Å². The molecular weight excluding hydrogens is 267 g/mol. The molecule has 21 heavy (non-hydrogen) atoms. The van der Waals surface area contributed by atoms with Crippen molar-refractivity contribution in [3.63, 3.8) is 0 Å². The molecule has 1 aliphatic heterocycles. The standard InChI is InChI=1S/C17H25FN2O/c1-17(2,3)12-16(21)19-14-8-10-20(11-9-14)15-6-4-13(18)5-7-15/h4-7,14H,8-12H2,1-3H3,(H,19,21). The Morgan fingerprint density at radius 3 is 2.33 bits per heavy atom. The number of hydrogen-bond donors (Lipinski definition) is 1. The molecule has 1 amide bonds. The molecule has 1 heterocycles. The van der Waals surface area contributed by atoms with Crippen LogP contribution in [0.2, 0.25) is 0 Å². The first-order chi connectivity index (χ1) is 9.83. The number of piperidine rings is 1. The first-order valence-corrected chi connectivity index (χ1v) is 7.63. The Hall–Kier alpha value is -1.58. The molecule has 0 aromatic heterocycles. The SMILES string of the molecule is CC(C)(C)CC(=O)NC1CCN(c2ccc(F)cc2)CC1. The second kappa shape index (κ2) is 6.46. The number of carbonyl (C=O) groups excluding carboxylic acids is 1. The third-order valence-corrected chi connectivity index (χ3v) is 3.74. The van der Waals surface area contributed by atoms with Crippen molar-refractivity contribution < 1.29 is 9.18 Å². The van der Waals surface area contributed by atoms with E-state index >= 15 is 0 Å². The van der Waals surface area contributed by atoms with Gasteiger partial charge in [0.05, 0.1) is 0 Å². The van der Waals surface area contributed by atoms with Crippen molar-refractivity contribution in [1.29, 1.82) is 0 Å². The smallest absolute Gasteiger partial charge is 0.220 e. The summed E-state index contributed by atoms with van der Waals surface area (Å²) in [6.45, 7) is 8.01. The number of halogens is 1. The Bertz CT molecular complexity index is 471. The monoisotopic (exact) mass is 292 g/mol. The van der Waals surface area contributed by atoms with Crippen molar-refractivity contribution in [2.24, 2.45) is 5.41 Å². The van der Waals surface area contributed by atoms with Crippen LogP contribution in [0.15, 0.2) is 24.3 Å². The molecule has 0 atom stereocenters. The van der Waals surface area contributed by atoms with Crippen LogP contribution in [0.3, 0.4) is 0 Å². The van der Waals surface area contributed by atoms with Crippen LogP contribution in [-0.2, 0) is 4.79 Å². The normalized spacial score (nSPS) is 16.9. The van der Waals surface area contributed by atoms with Crippen molar-refractivity contribution in [2.75, 3.05) is 18.0 Å². The Balaban J connectivity index is 1.80. The lowest BCUT2D eigenvalue weighted by Crippen LogP contribution is -2.45. The molecule has 2 rings (SSSR count). The second-order valence-electron chi connectivity index (χ2n) is 7.04. The highest BCUT2D eigenvalue weighted by atomic mass is 19.1. The molecule has 1 saturated heterocycles. The number of nitrogens with zero attached hydrogens (tertiary/aromatic N) is 1. The molecule has 4 heteroatoms. The minimum Gasteiger partial charge on any atom is -0.371 e. The first kappa shape index (κ1) is 15.8. The maximum atomic E-state index is 12.9. The van der Waals surface area contributed by atoms with E-state index in [1.54, 1.807) is 0 Å². The summed E-state index contributed by atoms with van der Waals surface area (Å²) in [6, 6.07) is 6.87. The van der Waals surface area contributed by atoms with Crippen molar-refractivity contribution in [1.82, 2.24) is 5.32 Å². The van der Waals surface area contributed by atoms with E-state index in [9.17, 15) is 9.18 Å². The van der Waals surface area contributed by atoms with Crippen LogP contribution in [0, 0.1) is 11.2 Å². The summed E-state index contributed by atoms with van der Waals surface area (Å²) < 4.78 is 12.9. The summed E-state index contributed by atoms with van der Waals surface area (Å²) in [6.07, 6.45) is 2.44. The minimum atomic E-state index is -0.205. The van der Waals surface area contributed by atoms with Gasteiger partial charge in [-0.25, -0.2) is 4.39 Å². The largest absolute Gasteiger partial charge is 0.371 e. The summed E-state index contributed by atoms with van der Waals surface area (Å²) in [4.78, 5) is 14.2. The molecule has 116 valence electrons. The molecule has 1 fully saturated rings. The summed E-state index contributed by atoms with van der Waals surface area (Å²) in [5.74, 6) is -0.0641. The lowest BCUT2D eigenvalue weighted by molar-refractivity contribution is -0.123. The minimum absolute atomic E-state index is 0.0267. The van der Waals surface area contributed by atoms with E-state index in [0.29, 0.717) is 6.42 Å². The predicted molar refractivity (Wildman–Crippen MR) is 83.8 cm³/mol. The molecule has 3 nitrogen and oxygen atoms in total. The van der Waals surface area contributed by atoms with E-state index in [1.165, 1.54) is 12.1 Å². The van der Waals surface area contributed by atoms with E-state index in [1.807, 2.05) is 12.1 Å². The van der Waals surface area contributed by atoms with Gasteiger partial charge in [0, 0.05) is 31.2 Å². The Morgan fingerprint density at radius 2 is 1.81 bits per heavy atom. The van der Waals surface area contributed by atoms with Gasteiger partial charge >= 0.3 is 0 Å². The van der Waals surface area contributed by atoms with E-state index in [4.69, 9.17) is 0 Å². The Morgan fingerprint density at radius 1 is 1.24 bits per heavy atom. The van der Waals surface area contributed by atoms with Crippen LogP contribution < -0.4 is 10.2 Å². The second-order valence-corrected chi connectivity index (χ2v) is 7.04. The number of rotatable bonds is 3. The summed E-state index contributed by atoms with van der Waals surface area (Å²) >= 11 is 0. The van der Waals surface area contributed by atoms with Gasteiger partial charge in [-0.3, -0.25) is 4.79 Å². The molecule has 0 saturated carbocycles. The van der Waals surface area contributed by atoms with Gasteiger partial charge in [-0.15, -0.1) is 0 Å². The van der Waals surface area contributed by atoms with Gasteiger partial charge in [-0.05, 0) is 42.5 Å². The zero-order valence-corrected chi connectivity index (χ0v) is 13.2. The molecule has 0 bridgehead atoms. The number of nitrogens with one attached hydrogen (secondary N) is 1. The van der Waals surface area contributed by atoms with Gasteiger partial charge in [0.15, 0.2) is 0 Å². The van der Waals surface area contributed by atoms with Crippen LogP contribution >= 0.6 is 0 Å². The van der Waals surface area contributed by atoms with Gasteiger partial charge in [0.2, 0.25) is 5.91 Å². The van der Waals surface area contributed by atoms with Gasteiger partial charge in [-0.2, -0.15) is 0 Å². The highest BCUT2D eigenvalue weighted by Crippen LogP contribution is 2.21. The maximum absolute atomic E-state index is 12.9. The van der Waals surface area contributed by atoms with Crippen LogP contribution in [0.5, 0.6) is 0 Å². The molecule has 0 unspecified atom stereocenters. The van der Waals surface area contributed by atoms with E-state index < -0.39 is 0 Å². The van der Waals surface area contributed by atoms with Crippen LogP contribution in [-0.4, -0.2) is 25.0 Å². The average Bonchev–Trinajstić information content (AvgIpc) is 2.38. The van der Waals surface area contributed by atoms with Gasteiger partial charge in [-0.1, -0.05) is 20.8 Å². The third-order valence-electron chi connectivity index (χ3n) is 3.74. The molecule has 1 N–H and O–H groups in total. The highest BCUT2D eigenvalue weighted by Gasteiger charge is 2.23. The van der Waals surface area contributed by atoms with Gasteiger partial charge in [0.25, 0.3) is 0 Å². The van der Waals surface area contributed by atoms with Crippen LogP contribution in [0.25, 0.3) is 0 Å². The molecule has 0 aliphatic carbocycles. The van der Waals surface area contributed by atoms with Gasteiger partial charge in [0.1, 0.15) is 5.82 Å². The number of hydrogen-bond acceptors (Lipinski definition) is 2.